The zero-order valence-corrected chi connectivity index (χ0v) is 13.0. The van der Waals surface area contributed by atoms with Crippen molar-refractivity contribution >= 4 is 5.69 Å². The minimum atomic E-state index is 0.328. The van der Waals surface area contributed by atoms with Gasteiger partial charge in [0, 0.05) is 18.7 Å². The van der Waals surface area contributed by atoms with Crippen LogP contribution in [0.4, 0.5) is 5.69 Å². The van der Waals surface area contributed by atoms with Crippen molar-refractivity contribution in [2.24, 2.45) is 0 Å². The quantitative estimate of drug-likeness (QED) is 0.850. The first-order chi connectivity index (χ1) is 10.7. The molecule has 1 heterocycles. The Kier molecular flexibility index (Phi) is 5.43. The van der Waals surface area contributed by atoms with E-state index in [2.05, 4.69) is 10.3 Å². The molecular formula is C16H20N3O3. The smallest absolute Gasteiger partial charge is 0.203 e. The van der Waals surface area contributed by atoms with Gasteiger partial charge < -0.3 is 19.5 Å². The summed E-state index contributed by atoms with van der Waals surface area (Å²) < 4.78 is 16.0. The Morgan fingerprint density at radius 2 is 1.73 bits per heavy atom. The summed E-state index contributed by atoms with van der Waals surface area (Å²) >= 11 is 0. The van der Waals surface area contributed by atoms with Gasteiger partial charge >= 0.3 is 0 Å². The number of anilines is 1. The Morgan fingerprint density at radius 1 is 1.05 bits per heavy atom. The van der Waals surface area contributed by atoms with E-state index in [-0.39, 0.29) is 0 Å². The van der Waals surface area contributed by atoms with E-state index in [9.17, 15) is 0 Å². The topological polar surface area (TPSA) is 76.4 Å². The summed E-state index contributed by atoms with van der Waals surface area (Å²) in [4.78, 5) is 4.43. The van der Waals surface area contributed by atoms with Crippen molar-refractivity contribution in [3.05, 3.63) is 30.5 Å². The van der Waals surface area contributed by atoms with Crippen LogP contribution in [0, 0.1) is 0 Å². The van der Waals surface area contributed by atoms with Crippen LogP contribution in [0.3, 0.4) is 0 Å². The van der Waals surface area contributed by atoms with Crippen LogP contribution in [0.2, 0.25) is 0 Å². The molecule has 0 spiro atoms. The maximum atomic E-state index is 7.13. The van der Waals surface area contributed by atoms with Gasteiger partial charge in [-0.2, -0.15) is 0 Å². The van der Waals surface area contributed by atoms with E-state index in [1.165, 1.54) is 0 Å². The minimum Gasteiger partial charge on any atom is -0.493 e. The van der Waals surface area contributed by atoms with Crippen LogP contribution < -0.4 is 25.3 Å². The molecule has 0 aliphatic heterocycles. The summed E-state index contributed by atoms with van der Waals surface area (Å²) in [7, 11) is 4.75. The van der Waals surface area contributed by atoms with Gasteiger partial charge in [-0.15, -0.1) is 0 Å². The molecule has 6 heteroatoms. The lowest BCUT2D eigenvalue weighted by Crippen LogP contribution is -2.06. The van der Waals surface area contributed by atoms with Crippen molar-refractivity contribution in [3.63, 3.8) is 0 Å². The van der Waals surface area contributed by atoms with Crippen molar-refractivity contribution < 1.29 is 14.2 Å². The number of nitrogens with zero attached hydrogens (tertiary/aromatic N) is 1. The Bertz CT molecular complexity index is 590. The number of methoxy groups -OCH3 is 3. The Morgan fingerprint density at radius 3 is 2.18 bits per heavy atom. The number of hydrogen-bond donors (Lipinski definition) is 1. The van der Waals surface area contributed by atoms with Crippen LogP contribution in [0.25, 0.3) is 11.3 Å². The third-order valence-electron chi connectivity index (χ3n) is 3.18. The fraction of sp³-hybridized carbons (Fsp3) is 0.312. The normalized spacial score (nSPS) is 10.2. The summed E-state index contributed by atoms with van der Waals surface area (Å²) in [5.74, 6) is 1.74. The molecule has 0 amide bonds. The third-order valence-corrected chi connectivity index (χ3v) is 3.18. The number of pyridine rings is 1. The summed E-state index contributed by atoms with van der Waals surface area (Å²) in [5.41, 5.74) is 9.70. The average molecular weight is 302 g/mol. The molecule has 0 bridgehead atoms. The SMILES string of the molecule is COc1cc(-c2ccc(NCC[NH])cn2)cc(OC)c1OC. The monoisotopic (exact) mass is 302 g/mol. The molecule has 2 rings (SSSR count). The van der Waals surface area contributed by atoms with Gasteiger partial charge in [0.05, 0.1) is 38.9 Å². The molecule has 2 aromatic rings. The van der Waals surface area contributed by atoms with Gasteiger partial charge in [0.15, 0.2) is 11.5 Å². The second-order valence-electron chi connectivity index (χ2n) is 4.52. The molecule has 2 N–H and O–H groups in total. The Labute approximate surface area is 130 Å². The fourth-order valence-corrected chi connectivity index (χ4v) is 2.11. The lowest BCUT2D eigenvalue weighted by atomic mass is 10.1. The first-order valence-corrected chi connectivity index (χ1v) is 6.88. The van der Waals surface area contributed by atoms with Crippen molar-refractivity contribution in [2.45, 2.75) is 0 Å². The van der Waals surface area contributed by atoms with E-state index in [0.717, 1.165) is 16.9 Å². The number of ether oxygens (including phenoxy) is 3. The molecule has 0 fully saturated rings. The lowest BCUT2D eigenvalue weighted by Gasteiger charge is -2.14. The first kappa shape index (κ1) is 15.9. The van der Waals surface area contributed by atoms with E-state index in [0.29, 0.717) is 30.3 Å². The summed E-state index contributed by atoms with van der Waals surface area (Å²) in [6, 6.07) is 7.56. The highest BCUT2D eigenvalue weighted by molar-refractivity contribution is 5.69. The van der Waals surface area contributed by atoms with Crippen LogP contribution in [0.1, 0.15) is 0 Å². The number of rotatable bonds is 7. The molecule has 0 saturated heterocycles. The van der Waals surface area contributed by atoms with Gasteiger partial charge in [-0.3, -0.25) is 10.7 Å². The van der Waals surface area contributed by atoms with Crippen LogP contribution in [-0.4, -0.2) is 39.4 Å². The van der Waals surface area contributed by atoms with Crippen molar-refractivity contribution in [2.75, 3.05) is 39.7 Å². The maximum absolute atomic E-state index is 7.13. The second-order valence-corrected chi connectivity index (χ2v) is 4.52. The molecule has 1 aromatic carbocycles. The minimum absolute atomic E-state index is 0.328. The number of hydrogen-bond acceptors (Lipinski definition) is 5. The maximum Gasteiger partial charge on any atom is 0.203 e. The van der Waals surface area contributed by atoms with Gasteiger partial charge in [-0.05, 0) is 24.3 Å². The van der Waals surface area contributed by atoms with Gasteiger partial charge in [-0.25, -0.2) is 0 Å². The van der Waals surface area contributed by atoms with Gasteiger partial charge in [-0.1, -0.05) is 0 Å². The standard InChI is InChI=1S/C16H20N3O3/c1-20-14-8-11(9-15(21-2)16(14)22-3)13-5-4-12(10-19-13)18-7-6-17/h4-5,8-10,17-18H,6-7H2,1-3H3. The molecule has 0 atom stereocenters. The lowest BCUT2D eigenvalue weighted by molar-refractivity contribution is 0.324. The highest BCUT2D eigenvalue weighted by atomic mass is 16.5. The predicted molar refractivity (Wildman–Crippen MR) is 85.8 cm³/mol. The molecular weight excluding hydrogens is 282 g/mol. The van der Waals surface area contributed by atoms with Crippen LogP contribution in [0.15, 0.2) is 30.5 Å². The highest BCUT2D eigenvalue weighted by Gasteiger charge is 2.14. The molecule has 0 unspecified atom stereocenters. The van der Waals surface area contributed by atoms with Crippen molar-refractivity contribution in [3.8, 4) is 28.5 Å². The zero-order chi connectivity index (χ0) is 15.9. The molecule has 0 aliphatic carbocycles. The highest BCUT2D eigenvalue weighted by Crippen LogP contribution is 2.40. The van der Waals surface area contributed by atoms with Gasteiger partial charge in [0.2, 0.25) is 5.75 Å². The fourth-order valence-electron chi connectivity index (χ4n) is 2.11. The largest absolute Gasteiger partial charge is 0.493 e. The van der Waals surface area contributed by atoms with Crippen molar-refractivity contribution in [1.29, 1.82) is 0 Å². The van der Waals surface area contributed by atoms with E-state index >= 15 is 0 Å². The van der Waals surface area contributed by atoms with Crippen LogP contribution in [0.5, 0.6) is 17.2 Å². The number of nitrogens with one attached hydrogen (secondary N) is 2. The molecule has 22 heavy (non-hydrogen) atoms. The van der Waals surface area contributed by atoms with Gasteiger partial charge in [0.25, 0.3) is 0 Å². The third kappa shape index (κ3) is 3.40. The Balaban J connectivity index is 2.35. The summed E-state index contributed by atoms with van der Waals surface area (Å²) in [6.07, 6.45) is 1.74. The van der Waals surface area contributed by atoms with E-state index in [1.54, 1.807) is 27.5 Å². The summed E-state index contributed by atoms with van der Waals surface area (Å²) in [6.45, 7) is 0.930. The molecule has 0 aliphatic rings. The predicted octanol–water partition coefficient (Wildman–Crippen LogP) is 2.47. The first-order valence-electron chi connectivity index (χ1n) is 6.88. The Hall–Kier alpha value is -2.47. The molecule has 117 valence electrons. The van der Waals surface area contributed by atoms with E-state index in [4.69, 9.17) is 19.9 Å². The second kappa shape index (κ2) is 7.51. The van der Waals surface area contributed by atoms with Crippen LogP contribution >= 0.6 is 0 Å². The average Bonchev–Trinajstić information content (AvgIpc) is 2.58. The van der Waals surface area contributed by atoms with Crippen LogP contribution in [-0.2, 0) is 0 Å². The van der Waals surface area contributed by atoms with Gasteiger partial charge in [0.1, 0.15) is 0 Å². The summed E-state index contributed by atoms with van der Waals surface area (Å²) in [5, 5.41) is 3.12. The van der Waals surface area contributed by atoms with E-state index < -0.39 is 0 Å². The molecule has 0 saturated carbocycles. The molecule has 1 radical (unpaired) electrons. The molecule has 6 nitrogen and oxygen atoms in total. The zero-order valence-electron chi connectivity index (χ0n) is 13.0. The number of aromatic nitrogens is 1. The molecule has 1 aromatic heterocycles. The van der Waals surface area contributed by atoms with Crippen molar-refractivity contribution in [1.82, 2.24) is 10.7 Å². The number of benzene rings is 1. The van der Waals surface area contributed by atoms with E-state index in [1.807, 2.05) is 24.3 Å².